The molecule has 6 aromatic heterocycles. The Bertz CT molecular complexity index is 4500. The number of fused-ring (bicyclic) bond motifs is 6. The minimum atomic E-state index is -3.72. The first-order chi connectivity index (χ1) is 45.7. The van der Waals surface area contributed by atoms with Crippen LogP contribution in [0, 0.1) is 0 Å². The molecule has 4 amide bonds. The number of H-pyrrole nitrogens is 2. The molecule has 98 heavy (non-hydrogen) atoms. The number of aromatic amines is 2. The average molecular weight is 1470 g/mol. The fourth-order valence-electron chi connectivity index (χ4n) is 9.69. The summed E-state index contributed by atoms with van der Waals surface area (Å²) in [5.74, 6) is 6.93. The Hall–Kier alpha value is -9.11. The van der Waals surface area contributed by atoms with Gasteiger partial charge in [-0.25, -0.2) is 72.6 Å². The van der Waals surface area contributed by atoms with E-state index in [-0.39, 0.29) is 79.8 Å². The van der Waals surface area contributed by atoms with Crippen molar-refractivity contribution >= 4 is 119 Å². The zero-order valence-corrected chi connectivity index (χ0v) is 56.5. The smallest absolute Gasteiger partial charge is 0.358 e. The van der Waals surface area contributed by atoms with E-state index in [9.17, 15) is 62.4 Å². The molecule has 37 nitrogen and oxygen atoms in total. The number of carboxylic acids is 1. The largest absolute Gasteiger partial charge is 0.476 e. The number of aromatic nitrogens is 8. The number of sulfonamides is 3. The van der Waals surface area contributed by atoms with E-state index in [0.29, 0.717) is 78.4 Å². The van der Waals surface area contributed by atoms with E-state index in [1.807, 2.05) is 23.2 Å². The molecule has 4 aliphatic rings. The first-order valence-electron chi connectivity index (χ1n) is 28.7. The number of carbonyl (C=O) groups is 6. The summed E-state index contributed by atoms with van der Waals surface area (Å²) in [5.41, 5.74) is 13.8. The molecule has 534 valence electrons. The van der Waals surface area contributed by atoms with E-state index in [2.05, 4.69) is 76.7 Å². The van der Waals surface area contributed by atoms with Crippen molar-refractivity contribution in [1.82, 2.24) is 64.2 Å². The van der Waals surface area contributed by atoms with Crippen LogP contribution in [0.1, 0.15) is 105 Å². The van der Waals surface area contributed by atoms with Gasteiger partial charge in [0.15, 0.2) is 17.2 Å². The predicted molar refractivity (Wildman–Crippen MR) is 360 cm³/mol. The number of anilines is 2. The zero-order valence-electron chi connectivity index (χ0n) is 52.5. The number of nitrogens with zero attached hydrogens (tertiary/aromatic N) is 10. The number of imide groups is 2. The second-order valence-electron chi connectivity index (χ2n) is 20.1. The molecular formula is C56H76ClN19O18S4. The van der Waals surface area contributed by atoms with Crippen molar-refractivity contribution in [3.63, 3.8) is 0 Å². The Kier molecular flexibility index (Phi) is 30.3. The summed E-state index contributed by atoms with van der Waals surface area (Å²) >= 11 is 0. The van der Waals surface area contributed by atoms with E-state index >= 15 is 0 Å². The van der Waals surface area contributed by atoms with E-state index in [4.69, 9.17) is 30.6 Å². The van der Waals surface area contributed by atoms with Gasteiger partial charge in [0.25, 0.3) is 23.6 Å². The number of hydrazine groups is 1. The minimum absolute atomic E-state index is 0. The van der Waals surface area contributed by atoms with Crippen molar-refractivity contribution in [3.05, 3.63) is 142 Å². The van der Waals surface area contributed by atoms with Gasteiger partial charge in [-0.15, -0.1) is 0 Å². The molecule has 0 aliphatic carbocycles. The number of hydrogen-bond donors (Lipinski definition) is 10. The summed E-state index contributed by atoms with van der Waals surface area (Å²) in [6.45, 7) is 2.05. The maximum Gasteiger partial charge on any atom is 0.358 e. The molecule has 0 atom stereocenters. The van der Waals surface area contributed by atoms with Gasteiger partial charge in [0.2, 0.25) is 39.1 Å². The lowest BCUT2D eigenvalue weighted by Crippen LogP contribution is -2.36. The summed E-state index contributed by atoms with van der Waals surface area (Å²) in [6, 6.07) is 16.6. The molecule has 0 fully saturated rings. The minimum Gasteiger partial charge on any atom is -0.476 e. The van der Waals surface area contributed by atoms with Crippen LogP contribution in [0.25, 0.3) is 22.1 Å². The highest BCUT2D eigenvalue weighted by atomic mass is 35.7. The van der Waals surface area contributed by atoms with E-state index in [0.717, 1.165) is 49.1 Å². The number of amides is 4. The van der Waals surface area contributed by atoms with Crippen LogP contribution in [0.5, 0.6) is 0 Å². The molecule has 0 saturated carbocycles. The molecule has 0 spiro atoms. The fraction of sp³-hybridized carbons (Fsp3) is 0.357. The van der Waals surface area contributed by atoms with Gasteiger partial charge in [-0.1, -0.05) is 42.0 Å². The lowest BCUT2D eigenvalue weighted by molar-refractivity contribution is 0.0648. The summed E-state index contributed by atoms with van der Waals surface area (Å²) < 4.78 is 105. The average Bonchev–Trinajstić information content (AvgIpc) is 1.60. The van der Waals surface area contributed by atoms with E-state index in [1.54, 1.807) is 42.6 Å². The van der Waals surface area contributed by atoms with Crippen molar-refractivity contribution in [2.45, 2.75) is 46.2 Å². The van der Waals surface area contributed by atoms with E-state index in [1.165, 1.54) is 53.0 Å². The molecule has 10 heterocycles. The number of Topliss-reactive ketones (excluding diaryl/α,β-unsaturated/α-hetero) is 1. The second-order valence-corrected chi connectivity index (χ2v) is 29.2. The third-order valence-electron chi connectivity index (χ3n) is 14.4. The van der Waals surface area contributed by atoms with Crippen molar-refractivity contribution < 1.29 is 82.1 Å². The highest BCUT2D eigenvalue weighted by molar-refractivity contribution is 8.13. The topological polar surface area (TPSA) is 579 Å². The van der Waals surface area contributed by atoms with Crippen LogP contribution in [0.4, 0.5) is 11.6 Å². The van der Waals surface area contributed by atoms with Gasteiger partial charge in [0.1, 0.15) is 47.1 Å². The number of aromatic carboxylic acids is 1. The third-order valence-corrected chi connectivity index (χ3v) is 19.7. The van der Waals surface area contributed by atoms with Crippen molar-refractivity contribution in [3.8, 4) is 0 Å². The molecule has 12 rings (SSSR count). The highest BCUT2D eigenvalue weighted by Gasteiger charge is 2.37. The van der Waals surface area contributed by atoms with Crippen LogP contribution in [-0.2, 0) is 65.1 Å². The first-order valence-corrected chi connectivity index (χ1v) is 36.1. The molecule has 8 aromatic rings. The maximum atomic E-state index is 12.6. The molecule has 0 saturated heterocycles. The zero-order chi connectivity index (χ0) is 70.7. The number of rotatable bonds is 19. The summed E-state index contributed by atoms with van der Waals surface area (Å²) in [6.07, 6.45) is 8.15. The number of carboxylic acid groups (broad SMARTS) is 1. The molecule has 0 radical (unpaired) electrons. The van der Waals surface area contributed by atoms with Crippen LogP contribution in [0.2, 0.25) is 0 Å². The number of carbonyl (C=O) groups excluding carboxylic acids is 5. The van der Waals surface area contributed by atoms with Crippen LogP contribution >= 0.6 is 10.7 Å². The summed E-state index contributed by atoms with van der Waals surface area (Å²) in [4.78, 5) is 100. The SMILES string of the molecule is C.CN.CNS(=O)(=O)CCCC(=O)c1noc2c1CN(c1ncnc3[nH]ccc13)CC2.CNS(=O)(=O)CCN.CNS(=O)(=O)CCN1C(=O)c2ccccc2C1=O.NN.O.O=C(O)c1noc2c1CN(c1ncnc3[nH]ccc13)CC2.O=C1c2ccccc2C(=O)N1CCS(=O)(=O)Cl. The van der Waals surface area contributed by atoms with E-state index < -0.39 is 74.5 Å². The van der Waals surface area contributed by atoms with Gasteiger partial charge in [0.05, 0.1) is 69.1 Å². The third kappa shape index (κ3) is 20.5. The quantitative estimate of drug-likeness (QED) is 0.0162. The Labute approximate surface area is 567 Å². The Balaban J connectivity index is 0.000000265. The first kappa shape index (κ1) is 81.3. The molecule has 42 heteroatoms. The molecule has 16 N–H and O–H groups in total. The van der Waals surface area contributed by atoms with Gasteiger partial charge in [-0.3, -0.25) is 45.5 Å². The molecule has 2 aromatic carbocycles. The standard InChI is InChI=1S/C17H20N6O4S.C13H11N5O3.C11H12N2O4S.C10H8ClNO4S.C3H10N2O2S.CH5N.CH4.H4N2.H2O/c1-18-28(25,26)8-2-3-13(24)15-12-9-23(7-5-14(12)27-22-15)17-11-4-6-19-16(11)20-10-21-17;19-13(20)10-8-5-18(4-2-9(8)21-17-10)12-7-1-3-14-11(7)15-6-16-12;1-12-18(16,17)7-6-13-10(14)8-4-2-3-5-9(8)11(13)15;11-17(15,16)6-5-12-9(13)7-3-1-2-4-8(7)10(12)14;1-5-8(6,7)3-2-4;1-2;;1-2;/h4,6,10,18H,2-3,5,7-9H2,1H3,(H,19,20,21);1,3,6H,2,4-5H2,(H,19,20)(H,14,15,16);2-5,12H,6-7H2,1H3;1-4H,5-6H2;5H,2-4H2,1H3;2H2,1H3;1H4;1-2H2;1H2. The molecule has 4 aliphatic heterocycles. The number of halogens is 1. The summed E-state index contributed by atoms with van der Waals surface area (Å²) in [7, 11) is -2.98. The Morgan fingerprint density at radius 1 is 0.592 bits per heavy atom. The maximum absolute atomic E-state index is 12.6. The predicted octanol–water partition coefficient (Wildman–Crippen LogP) is -0.390. The molecule has 0 bridgehead atoms. The number of ketones is 1. The normalized spacial score (nSPS) is 13.7. The van der Waals surface area contributed by atoms with Gasteiger partial charge in [0, 0.05) is 86.2 Å². The van der Waals surface area contributed by atoms with Gasteiger partial charge in [-0.2, -0.15) is 0 Å². The molecular weight excluding hydrogens is 1390 g/mol. The van der Waals surface area contributed by atoms with Gasteiger partial charge >= 0.3 is 5.97 Å². The van der Waals surface area contributed by atoms with Crippen LogP contribution in [0.3, 0.4) is 0 Å². The second kappa shape index (κ2) is 36.5. The van der Waals surface area contributed by atoms with Crippen molar-refractivity contribution in [1.29, 1.82) is 0 Å². The fourth-order valence-corrected chi connectivity index (χ4v) is 12.2. The number of benzene rings is 2. The van der Waals surface area contributed by atoms with Crippen LogP contribution in [-0.4, -0.2) is 214 Å². The van der Waals surface area contributed by atoms with Crippen LogP contribution < -0.4 is 47.1 Å². The summed E-state index contributed by atoms with van der Waals surface area (Å²) in [5, 5.41) is 18.6. The highest BCUT2D eigenvalue weighted by Crippen LogP contribution is 2.32. The monoisotopic (exact) mass is 1470 g/mol. The lowest BCUT2D eigenvalue weighted by Gasteiger charge is -2.27. The lowest BCUT2D eigenvalue weighted by atomic mass is 10.0. The van der Waals surface area contributed by atoms with Crippen LogP contribution in [0.15, 0.2) is 94.8 Å². The Morgan fingerprint density at radius 2 is 0.969 bits per heavy atom. The van der Waals surface area contributed by atoms with Crippen molar-refractivity contribution in [2.24, 2.45) is 23.2 Å². The van der Waals surface area contributed by atoms with Gasteiger partial charge < -0.3 is 50.9 Å². The number of nitrogens with two attached hydrogens (primary N) is 4. The number of hydrogen-bond acceptors (Lipinski definition) is 28. The molecule has 0 unspecified atom stereocenters. The van der Waals surface area contributed by atoms with Gasteiger partial charge in [-0.05, 0) is 71.0 Å². The number of nitrogens with one attached hydrogen (secondary N) is 5. The Morgan fingerprint density at radius 3 is 1.35 bits per heavy atom. The van der Waals surface area contributed by atoms with Crippen molar-refractivity contribution in [2.75, 3.05) is 93.7 Å².